The van der Waals surface area contributed by atoms with Gasteiger partial charge in [0.05, 0.1) is 6.54 Å². The molecule has 0 saturated carbocycles. The van der Waals surface area contributed by atoms with E-state index in [1.165, 1.54) is 83.5 Å². The maximum Gasteiger partial charge on any atom is 0.332 e. The Morgan fingerprint density at radius 3 is 1.50 bits per heavy atom. The Hall–Kier alpha value is 0.957. The predicted molar refractivity (Wildman–Crippen MR) is 147 cm³/mol. The van der Waals surface area contributed by atoms with Crippen LogP contribution < -0.4 is 0 Å². The van der Waals surface area contributed by atoms with E-state index in [0.29, 0.717) is 17.3 Å². The van der Waals surface area contributed by atoms with Crippen molar-refractivity contribution in [2.45, 2.75) is 149 Å². The number of thiocarbonyl (C=S) groups is 1. The molecule has 7 heteroatoms. The number of carbonyl (C=O) groups is 1. The fraction of sp³-hybridized carbons (Fsp3) is 0.926. The van der Waals surface area contributed by atoms with E-state index in [-0.39, 0.29) is 44.9 Å². The molecule has 3 nitrogen and oxygen atoms in total. The van der Waals surface area contributed by atoms with Gasteiger partial charge in [0.15, 0.2) is 4.32 Å². The van der Waals surface area contributed by atoms with Crippen molar-refractivity contribution in [2.24, 2.45) is 0 Å². The summed E-state index contributed by atoms with van der Waals surface area (Å²) in [5.41, 5.74) is 0. The van der Waals surface area contributed by atoms with Crippen LogP contribution in [-0.2, 0) is 48.6 Å². The Labute approximate surface area is 247 Å². The van der Waals surface area contributed by atoms with Crippen molar-refractivity contribution in [2.75, 3.05) is 12.3 Å². The number of unbranched alkanes of at least 4 members (excludes halogenated alkanes) is 16. The maximum absolute atomic E-state index is 12.3. The smallest absolute Gasteiger partial charge is 0.332 e. The third-order valence-electron chi connectivity index (χ3n) is 5.84. The zero-order chi connectivity index (χ0) is 23.7. The Balaban J connectivity index is -0.00000480. The quantitative estimate of drug-likeness (QED) is 0.0522. The van der Waals surface area contributed by atoms with Gasteiger partial charge >= 0.3 is 5.97 Å². The van der Waals surface area contributed by atoms with Crippen molar-refractivity contribution in [1.29, 1.82) is 0 Å². The summed E-state index contributed by atoms with van der Waals surface area (Å²) in [5.74, 6) is 0.864. The summed E-state index contributed by atoms with van der Waals surface area (Å²) in [4.78, 5) is 17.8. The molecule has 0 aromatic carbocycles. The molecular formula is C27H53NO2S2Zn2. The molecule has 0 bridgehead atoms. The first-order valence-corrected chi connectivity index (χ1v) is 15.2. The van der Waals surface area contributed by atoms with E-state index in [1.54, 1.807) is 16.8 Å². The van der Waals surface area contributed by atoms with Gasteiger partial charge in [-0.15, -0.1) is 0 Å². The Kier molecular flexibility index (Phi) is 37.1. The molecule has 0 heterocycles. The molecule has 0 aliphatic carbocycles. The Morgan fingerprint density at radius 2 is 1.06 bits per heavy atom. The summed E-state index contributed by atoms with van der Waals surface area (Å²) in [6.07, 6.45) is 24.8. The number of carbonyl (C=O) groups excluding carboxylic acids is 1. The van der Waals surface area contributed by atoms with E-state index < -0.39 is 0 Å². The van der Waals surface area contributed by atoms with Crippen LogP contribution in [0, 0.1) is 0 Å². The number of nitrogens with zero attached hydrogens (tertiary/aromatic N) is 1. The summed E-state index contributed by atoms with van der Waals surface area (Å²) in [7, 11) is 0. The molecule has 0 aromatic rings. The standard InChI is InChI=1S/C27H53NO2S2.2Zn/c1-4-7-10-11-12-13-14-15-16-17-18-19-20-21-22-23-26(29)30-28(24-8-5-2)27(31)32-25-9-6-3;;/h4-25H2,1-3H3;;. The second-order valence-electron chi connectivity index (χ2n) is 9.09. The molecule has 0 amide bonds. The fourth-order valence-electron chi connectivity index (χ4n) is 3.66. The molecule has 0 fully saturated rings. The SMILES string of the molecule is CCCCCCCCCCCCCCCCCC(=O)ON(CCCC)C(=S)SCCCC.[Zn].[Zn]. The molecule has 0 radical (unpaired) electrons. The van der Waals surface area contributed by atoms with Gasteiger partial charge in [-0.25, -0.2) is 4.79 Å². The van der Waals surface area contributed by atoms with Gasteiger partial charge in [-0.3, -0.25) is 0 Å². The summed E-state index contributed by atoms with van der Waals surface area (Å²) < 4.78 is 0.705. The van der Waals surface area contributed by atoms with Crippen LogP contribution in [0.2, 0.25) is 0 Å². The van der Waals surface area contributed by atoms with Crippen molar-refractivity contribution < 1.29 is 48.6 Å². The normalized spacial score (nSPS) is 10.3. The Morgan fingerprint density at radius 1 is 0.647 bits per heavy atom. The van der Waals surface area contributed by atoms with E-state index in [2.05, 4.69) is 20.8 Å². The molecule has 194 valence electrons. The largest absolute Gasteiger partial charge is 0.340 e. The van der Waals surface area contributed by atoms with Gasteiger partial charge in [-0.1, -0.05) is 135 Å². The van der Waals surface area contributed by atoms with Gasteiger partial charge in [-0.05, 0) is 31.5 Å². The Bertz CT molecular complexity index is 443. The molecule has 0 saturated heterocycles. The molecular weight excluding hydrogens is 565 g/mol. The fourth-order valence-corrected chi connectivity index (χ4v) is 4.92. The van der Waals surface area contributed by atoms with Crippen LogP contribution in [0.3, 0.4) is 0 Å². The topological polar surface area (TPSA) is 29.5 Å². The van der Waals surface area contributed by atoms with Crippen LogP contribution in [0.25, 0.3) is 0 Å². The average Bonchev–Trinajstić information content (AvgIpc) is 2.79. The van der Waals surface area contributed by atoms with Crippen LogP contribution in [0.1, 0.15) is 149 Å². The summed E-state index contributed by atoms with van der Waals surface area (Å²) in [6, 6.07) is 0. The third kappa shape index (κ3) is 27.5. The van der Waals surface area contributed by atoms with Gasteiger partial charge in [0.1, 0.15) is 0 Å². The van der Waals surface area contributed by atoms with Gasteiger partial charge < -0.3 is 4.84 Å². The maximum atomic E-state index is 12.3. The number of hydroxylamine groups is 2. The van der Waals surface area contributed by atoms with E-state index in [0.717, 1.165) is 44.3 Å². The molecule has 0 spiro atoms. The van der Waals surface area contributed by atoms with Crippen LogP contribution in [0.4, 0.5) is 0 Å². The van der Waals surface area contributed by atoms with Crippen molar-refractivity contribution in [3.63, 3.8) is 0 Å². The number of hydrogen-bond acceptors (Lipinski definition) is 4. The average molecular weight is 619 g/mol. The van der Waals surface area contributed by atoms with Gasteiger partial charge in [0.2, 0.25) is 0 Å². The number of thioether (sulfide) groups is 1. The monoisotopic (exact) mass is 615 g/mol. The minimum atomic E-state index is -0.130. The number of rotatable bonds is 22. The second kappa shape index (κ2) is 32.0. The molecule has 34 heavy (non-hydrogen) atoms. The summed E-state index contributed by atoms with van der Waals surface area (Å²) >= 11 is 7.11. The van der Waals surface area contributed by atoms with Crippen molar-refractivity contribution in [3.05, 3.63) is 0 Å². The minimum absolute atomic E-state index is 0. The van der Waals surface area contributed by atoms with Crippen molar-refractivity contribution in [1.82, 2.24) is 5.06 Å². The van der Waals surface area contributed by atoms with E-state index in [4.69, 9.17) is 17.1 Å². The number of hydrogen-bond donors (Lipinski definition) is 0. The minimum Gasteiger partial charge on any atom is -0.340 e. The molecule has 0 aliphatic rings. The van der Waals surface area contributed by atoms with E-state index in [9.17, 15) is 4.79 Å². The van der Waals surface area contributed by atoms with Crippen LogP contribution in [0.15, 0.2) is 0 Å². The second-order valence-corrected chi connectivity index (χ2v) is 10.8. The van der Waals surface area contributed by atoms with E-state index >= 15 is 0 Å². The summed E-state index contributed by atoms with van der Waals surface area (Å²) in [6.45, 7) is 7.31. The molecule has 0 N–H and O–H groups in total. The van der Waals surface area contributed by atoms with Crippen LogP contribution in [-0.4, -0.2) is 27.7 Å². The zero-order valence-electron chi connectivity index (χ0n) is 23.1. The molecule has 0 atom stereocenters. The first kappa shape index (κ1) is 39.5. The van der Waals surface area contributed by atoms with Gasteiger partial charge in [-0.2, -0.15) is 5.06 Å². The predicted octanol–water partition coefficient (Wildman–Crippen LogP) is 9.62. The van der Waals surface area contributed by atoms with Crippen molar-refractivity contribution >= 4 is 34.3 Å². The van der Waals surface area contributed by atoms with Crippen molar-refractivity contribution in [3.8, 4) is 0 Å². The first-order valence-electron chi connectivity index (χ1n) is 13.8. The molecule has 0 rings (SSSR count). The molecule has 0 aromatic heterocycles. The zero-order valence-corrected chi connectivity index (χ0v) is 30.6. The van der Waals surface area contributed by atoms with E-state index in [1.807, 2.05) is 0 Å². The van der Waals surface area contributed by atoms with Crippen LogP contribution >= 0.6 is 24.0 Å². The molecule has 0 unspecified atom stereocenters. The van der Waals surface area contributed by atoms with Gasteiger partial charge in [0.25, 0.3) is 0 Å². The third-order valence-corrected chi connectivity index (χ3v) is 7.34. The van der Waals surface area contributed by atoms with Crippen LogP contribution in [0.5, 0.6) is 0 Å². The summed E-state index contributed by atoms with van der Waals surface area (Å²) in [5, 5.41) is 1.66. The molecule has 0 aliphatic heterocycles. The van der Waals surface area contributed by atoms with Gasteiger partial charge in [0, 0.05) is 51.1 Å². The first-order chi connectivity index (χ1) is 15.7.